The molecular formula is C15H21BrFN. The van der Waals surface area contributed by atoms with E-state index in [-0.39, 0.29) is 11.9 Å². The lowest BCUT2D eigenvalue weighted by Gasteiger charge is -2.27. The molecule has 1 unspecified atom stereocenters. The Hall–Kier alpha value is -0.410. The van der Waals surface area contributed by atoms with Crippen LogP contribution in [0.5, 0.6) is 0 Å². The summed E-state index contributed by atoms with van der Waals surface area (Å²) in [7, 11) is 1.96. The van der Waals surface area contributed by atoms with Crippen LogP contribution >= 0.6 is 15.9 Å². The number of rotatable bonds is 4. The molecule has 1 aliphatic rings. The maximum Gasteiger partial charge on any atom is 0.137 e. The van der Waals surface area contributed by atoms with Crippen LogP contribution < -0.4 is 5.32 Å². The number of hydrogen-bond acceptors (Lipinski definition) is 1. The Balaban J connectivity index is 2.09. The van der Waals surface area contributed by atoms with Gasteiger partial charge in [-0.2, -0.15) is 0 Å². The normalized spacial score (nSPS) is 18.8. The predicted octanol–water partition coefficient (Wildman–Crippen LogP) is 4.82. The van der Waals surface area contributed by atoms with E-state index in [1.807, 2.05) is 13.1 Å². The zero-order valence-corrected chi connectivity index (χ0v) is 12.5. The van der Waals surface area contributed by atoms with Crippen molar-refractivity contribution in [2.45, 2.75) is 44.6 Å². The lowest BCUT2D eigenvalue weighted by atomic mass is 9.83. The molecule has 1 aliphatic carbocycles. The zero-order valence-electron chi connectivity index (χ0n) is 10.9. The summed E-state index contributed by atoms with van der Waals surface area (Å²) in [5.74, 6) is 0.614. The molecule has 0 saturated heterocycles. The molecule has 0 bridgehead atoms. The van der Waals surface area contributed by atoms with Crippen LogP contribution in [0.25, 0.3) is 0 Å². The first-order chi connectivity index (χ1) is 8.72. The molecule has 1 aromatic rings. The number of nitrogens with one attached hydrogen (secondary N) is 1. The Morgan fingerprint density at radius 1 is 1.33 bits per heavy atom. The van der Waals surface area contributed by atoms with Gasteiger partial charge in [0.05, 0.1) is 4.47 Å². The van der Waals surface area contributed by atoms with Gasteiger partial charge in [-0.1, -0.05) is 44.2 Å². The van der Waals surface area contributed by atoms with E-state index >= 15 is 0 Å². The first kappa shape index (κ1) is 14.0. The molecule has 0 spiro atoms. The fraction of sp³-hybridized carbons (Fsp3) is 0.600. The summed E-state index contributed by atoms with van der Waals surface area (Å²) < 4.78 is 14.2. The molecule has 1 N–H and O–H groups in total. The van der Waals surface area contributed by atoms with Crippen molar-refractivity contribution < 1.29 is 4.39 Å². The topological polar surface area (TPSA) is 12.0 Å². The molecule has 0 aliphatic heterocycles. The molecule has 1 saturated carbocycles. The van der Waals surface area contributed by atoms with Gasteiger partial charge in [-0.3, -0.25) is 0 Å². The molecule has 0 aromatic heterocycles. The average Bonchev–Trinajstić information content (AvgIpc) is 2.41. The highest BCUT2D eigenvalue weighted by Crippen LogP contribution is 2.34. The van der Waals surface area contributed by atoms with Crippen LogP contribution in [0.1, 0.15) is 50.1 Å². The molecule has 3 heteroatoms. The fourth-order valence-electron chi connectivity index (χ4n) is 2.95. The van der Waals surface area contributed by atoms with E-state index in [1.165, 1.54) is 38.2 Å². The van der Waals surface area contributed by atoms with Gasteiger partial charge in [0.2, 0.25) is 0 Å². The van der Waals surface area contributed by atoms with E-state index in [4.69, 9.17) is 0 Å². The number of benzene rings is 1. The van der Waals surface area contributed by atoms with Crippen LogP contribution in [0, 0.1) is 11.7 Å². The minimum absolute atomic E-state index is 0.170. The minimum atomic E-state index is -0.170. The minimum Gasteiger partial charge on any atom is -0.313 e. The second-order valence-electron chi connectivity index (χ2n) is 5.22. The largest absolute Gasteiger partial charge is 0.313 e. The van der Waals surface area contributed by atoms with Crippen molar-refractivity contribution in [3.05, 3.63) is 34.1 Å². The van der Waals surface area contributed by atoms with Gasteiger partial charge in [0.15, 0.2) is 0 Å². The van der Waals surface area contributed by atoms with Crippen molar-refractivity contribution in [2.75, 3.05) is 7.05 Å². The molecule has 2 rings (SSSR count). The SMILES string of the molecule is CNC(CC1CCCCC1)c1cccc(F)c1Br. The molecule has 0 amide bonds. The monoisotopic (exact) mass is 313 g/mol. The first-order valence-electron chi connectivity index (χ1n) is 6.83. The van der Waals surface area contributed by atoms with Crippen LogP contribution in [0.3, 0.4) is 0 Å². The standard InChI is InChI=1S/C15H21BrFN/c1-18-14(10-11-6-3-2-4-7-11)12-8-5-9-13(17)15(12)16/h5,8-9,11,14,18H,2-4,6-7,10H2,1H3. The third-order valence-electron chi connectivity index (χ3n) is 4.00. The van der Waals surface area contributed by atoms with E-state index in [2.05, 4.69) is 21.2 Å². The Labute approximate surface area is 117 Å². The van der Waals surface area contributed by atoms with Crippen LogP contribution in [0.15, 0.2) is 22.7 Å². The van der Waals surface area contributed by atoms with Crippen LogP contribution in [0.2, 0.25) is 0 Å². The van der Waals surface area contributed by atoms with Crippen LogP contribution in [-0.2, 0) is 0 Å². The summed E-state index contributed by atoms with van der Waals surface area (Å²) >= 11 is 3.37. The van der Waals surface area contributed by atoms with Gasteiger partial charge >= 0.3 is 0 Å². The van der Waals surface area contributed by atoms with Crippen molar-refractivity contribution in [1.29, 1.82) is 0 Å². The summed E-state index contributed by atoms with van der Waals surface area (Å²) in [5.41, 5.74) is 1.04. The van der Waals surface area contributed by atoms with Gasteiger partial charge in [0.1, 0.15) is 5.82 Å². The Morgan fingerprint density at radius 3 is 2.72 bits per heavy atom. The van der Waals surface area contributed by atoms with Crippen molar-refractivity contribution in [2.24, 2.45) is 5.92 Å². The molecule has 100 valence electrons. The van der Waals surface area contributed by atoms with E-state index in [1.54, 1.807) is 6.07 Å². The Morgan fingerprint density at radius 2 is 2.06 bits per heavy atom. The molecule has 0 radical (unpaired) electrons. The Kier molecular flexibility index (Phi) is 5.19. The summed E-state index contributed by atoms with van der Waals surface area (Å²) in [6.45, 7) is 0. The third kappa shape index (κ3) is 3.33. The van der Waals surface area contributed by atoms with Gasteiger partial charge in [0.25, 0.3) is 0 Å². The number of halogens is 2. The molecule has 18 heavy (non-hydrogen) atoms. The molecule has 1 nitrogen and oxygen atoms in total. The van der Waals surface area contributed by atoms with E-state index < -0.39 is 0 Å². The van der Waals surface area contributed by atoms with Gasteiger partial charge in [-0.05, 0) is 46.9 Å². The van der Waals surface area contributed by atoms with Crippen LogP contribution in [-0.4, -0.2) is 7.05 Å². The molecular weight excluding hydrogens is 293 g/mol. The molecule has 1 atom stereocenters. The van der Waals surface area contributed by atoms with Crippen molar-refractivity contribution in [1.82, 2.24) is 5.32 Å². The first-order valence-corrected chi connectivity index (χ1v) is 7.63. The van der Waals surface area contributed by atoms with Crippen LogP contribution in [0.4, 0.5) is 4.39 Å². The maximum absolute atomic E-state index is 13.6. The molecule has 0 heterocycles. The van der Waals surface area contributed by atoms with Crippen molar-refractivity contribution in [3.63, 3.8) is 0 Å². The highest BCUT2D eigenvalue weighted by atomic mass is 79.9. The van der Waals surface area contributed by atoms with Gasteiger partial charge in [-0.15, -0.1) is 0 Å². The van der Waals surface area contributed by atoms with Crippen molar-refractivity contribution in [3.8, 4) is 0 Å². The lowest BCUT2D eigenvalue weighted by molar-refractivity contribution is 0.305. The average molecular weight is 314 g/mol. The van der Waals surface area contributed by atoms with Crippen molar-refractivity contribution >= 4 is 15.9 Å². The lowest BCUT2D eigenvalue weighted by Crippen LogP contribution is -2.21. The quantitative estimate of drug-likeness (QED) is 0.840. The second-order valence-corrected chi connectivity index (χ2v) is 6.02. The van der Waals surface area contributed by atoms with E-state index in [0.29, 0.717) is 4.47 Å². The summed E-state index contributed by atoms with van der Waals surface area (Å²) in [4.78, 5) is 0. The van der Waals surface area contributed by atoms with Gasteiger partial charge < -0.3 is 5.32 Å². The predicted molar refractivity (Wildman–Crippen MR) is 77.1 cm³/mol. The maximum atomic E-state index is 13.6. The fourth-order valence-corrected chi connectivity index (χ4v) is 3.49. The molecule has 1 fully saturated rings. The summed E-state index contributed by atoms with van der Waals surface area (Å²) in [6, 6.07) is 5.55. The highest BCUT2D eigenvalue weighted by molar-refractivity contribution is 9.10. The second kappa shape index (κ2) is 6.67. The molecule has 1 aromatic carbocycles. The van der Waals surface area contributed by atoms with E-state index in [9.17, 15) is 4.39 Å². The summed E-state index contributed by atoms with van der Waals surface area (Å²) in [5, 5.41) is 3.34. The van der Waals surface area contributed by atoms with Gasteiger partial charge in [0, 0.05) is 6.04 Å². The van der Waals surface area contributed by atoms with Gasteiger partial charge in [-0.25, -0.2) is 4.39 Å². The highest BCUT2D eigenvalue weighted by Gasteiger charge is 2.21. The Bertz CT molecular complexity index is 388. The smallest absolute Gasteiger partial charge is 0.137 e. The summed E-state index contributed by atoms with van der Waals surface area (Å²) in [6.07, 6.45) is 7.84. The zero-order chi connectivity index (χ0) is 13.0. The van der Waals surface area contributed by atoms with E-state index in [0.717, 1.165) is 17.9 Å². The number of hydrogen-bond donors (Lipinski definition) is 1. The third-order valence-corrected chi connectivity index (χ3v) is 4.84.